The quantitative estimate of drug-likeness (QED) is 0.285. The van der Waals surface area contributed by atoms with Crippen LogP contribution in [0.3, 0.4) is 0 Å². The van der Waals surface area contributed by atoms with Crippen molar-refractivity contribution in [2.24, 2.45) is 4.99 Å². The molecule has 9 heteroatoms. The summed E-state index contributed by atoms with van der Waals surface area (Å²) in [6.07, 6.45) is 1.14. The van der Waals surface area contributed by atoms with Crippen LogP contribution in [0.15, 0.2) is 52.4 Å². The van der Waals surface area contributed by atoms with Crippen molar-refractivity contribution in [1.82, 2.24) is 10.6 Å². The van der Waals surface area contributed by atoms with Crippen molar-refractivity contribution < 1.29 is 13.2 Å². The summed E-state index contributed by atoms with van der Waals surface area (Å²) >= 11 is 5.89. The second kappa shape index (κ2) is 12.4. The minimum absolute atomic E-state index is 0. The molecule has 2 rings (SSSR count). The molecule has 0 spiro atoms. The van der Waals surface area contributed by atoms with Crippen LogP contribution in [-0.4, -0.2) is 39.8 Å². The van der Waals surface area contributed by atoms with Gasteiger partial charge in [-0.05, 0) is 62.2 Å². The highest BCUT2D eigenvalue weighted by Crippen LogP contribution is 2.18. The van der Waals surface area contributed by atoms with Crippen LogP contribution in [0.25, 0.3) is 0 Å². The van der Waals surface area contributed by atoms with Gasteiger partial charge >= 0.3 is 0 Å². The summed E-state index contributed by atoms with van der Waals surface area (Å²) in [5, 5.41) is 7.14. The number of hydrogen-bond donors (Lipinski definition) is 2. The molecule has 0 fully saturated rings. The minimum atomic E-state index is -3.22. The lowest BCUT2D eigenvalue weighted by molar-refractivity contribution is 0.224. The summed E-state index contributed by atoms with van der Waals surface area (Å²) < 4.78 is 29.4. The normalized spacial score (nSPS) is 12.6. The Bertz CT molecular complexity index is 950. The molecule has 166 valence electrons. The zero-order valence-corrected chi connectivity index (χ0v) is 21.5. The van der Waals surface area contributed by atoms with Crippen LogP contribution in [0.4, 0.5) is 0 Å². The highest BCUT2D eigenvalue weighted by molar-refractivity contribution is 14.0. The van der Waals surface area contributed by atoms with Gasteiger partial charge in [-0.2, -0.15) is 0 Å². The fraction of sp³-hybridized carbons (Fsp3) is 0.381. The molecule has 0 aliphatic carbocycles. The van der Waals surface area contributed by atoms with E-state index < -0.39 is 9.84 Å². The largest absolute Gasteiger partial charge is 0.489 e. The molecule has 30 heavy (non-hydrogen) atoms. The molecule has 1 atom stereocenters. The number of rotatable bonds is 8. The Kier molecular flexibility index (Phi) is 10.9. The summed E-state index contributed by atoms with van der Waals surface area (Å²) in [4.78, 5) is 4.93. The first-order chi connectivity index (χ1) is 13.7. The molecule has 0 amide bonds. The third kappa shape index (κ3) is 8.69. The standard InChI is InChI=1S/C21H28ClN3O3S.HI/c1-5-23-21(24-13-16(3)28-19-9-7-18(22)8-10-19)25-14-17-6-11-20(15(2)12-17)29(4,26)27;/h6-12,16H,5,13-14H2,1-4H3,(H2,23,24,25);1H. The zero-order chi connectivity index (χ0) is 21.4. The third-order valence-electron chi connectivity index (χ3n) is 4.11. The van der Waals surface area contributed by atoms with Gasteiger partial charge in [-0.1, -0.05) is 23.7 Å². The van der Waals surface area contributed by atoms with E-state index in [2.05, 4.69) is 15.6 Å². The van der Waals surface area contributed by atoms with Crippen molar-refractivity contribution in [2.75, 3.05) is 19.3 Å². The van der Waals surface area contributed by atoms with E-state index in [1.54, 1.807) is 31.2 Å². The van der Waals surface area contributed by atoms with Crippen LogP contribution in [0.5, 0.6) is 5.75 Å². The molecule has 0 aliphatic rings. The molecule has 2 aromatic rings. The lowest BCUT2D eigenvalue weighted by atomic mass is 10.1. The predicted octanol–water partition coefficient (Wildman–Crippen LogP) is 4.19. The van der Waals surface area contributed by atoms with Crippen molar-refractivity contribution in [1.29, 1.82) is 0 Å². The lowest BCUT2D eigenvalue weighted by Crippen LogP contribution is -2.41. The number of guanidine groups is 1. The van der Waals surface area contributed by atoms with Crippen molar-refractivity contribution in [2.45, 2.75) is 38.3 Å². The first-order valence-electron chi connectivity index (χ1n) is 9.43. The summed E-state index contributed by atoms with van der Waals surface area (Å²) in [5.74, 6) is 1.43. The second-order valence-electron chi connectivity index (χ2n) is 6.83. The number of halogens is 2. The molecule has 0 heterocycles. The number of nitrogens with one attached hydrogen (secondary N) is 2. The fourth-order valence-corrected chi connectivity index (χ4v) is 3.85. The summed E-state index contributed by atoms with van der Waals surface area (Å²) in [6.45, 7) is 7.49. The monoisotopic (exact) mass is 565 g/mol. The van der Waals surface area contributed by atoms with Crippen LogP contribution in [0.2, 0.25) is 5.02 Å². The molecular weight excluding hydrogens is 537 g/mol. The van der Waals surface area contributed by atoms with Crippen LogP contribution in [0, 0.1) is 6.92 Å². The Morgan fingerprint density at radius 3 is 2.40 bits per heavy atom. The topological polar surface area (TPSA) is 79.8 Å². The van der Waals surface area contributed by atoms with E-state index in [1.165, 1.54) is 6.26 Å². The number of sulfone groups is 1. The van der Waals surface area contributed by atoms with E-state index in [-0.39, 0.29) is 30.1 Å². The van der Waals surface area contributed by atoms with Gasteiger partial charge in [-0.3, -0.25) is 0 Å². The van der Waals surface area contributed by atoms with E-state index in [4.69, 9.17) is 16.3 Å². The van der Waals surface area contributed by atoms with Gasteiger partial charge in [-0.15, -0.1) is 24.0 Å². The number of aliphatic imine (C=N–C) groups is 1. The molecule has 6 nitrogen and oxygen atoms in total. The average Bonchev–Trinajstić information content (AvgIpc) is 2.65. The SMILES string of the molecule is CCNC(=NCc1ccc(S(C)(=O)=O)c(C)c1)NCC(C)Oc1ccc(Cl)cc1.I. The molecule has 0 aliphatic heterocycles. The molecule has 1 unspecified atom stereocenters. The predicted molar refractivity (Wildman–Crippen MR) is 134 cm³/mol. The van der Waals surface area contributed by atoms with Crippen LogP contribution < -0.4 is 15.4 Å². The molecule has 2 N–H and O–H groups in total. The number of hydrogen-bond acceptors (Lipinski definition) is 4. The van der Waals surface area contributed by atoms with Gasteiger partial charge in [0.2, 0.25) is 0 Å². The molecular formula is C21H29ClIN3O3S. The fourth-order valence-electron chi connectivity index (χ4n) is 2.77. The van der Waals surface area contributed by atoms with Gasteiger partial charge in [0, 0.05) is 17.8 Å². The molecule has 0 bridgehead atoms. The summed E-state index contributed by atoms with van der Waals surface area (Å²) in [6, 6.07) is 12.5. The number of nitrogens with zero attached hydrogens (tertiary/aromatic N) is 1. The van der Waals surface area contributed by atoms with E-state index in [0.29, 0.717) is 29.0 Å². The molecule has 0 aromatic heterocycles. The maximum Gasteiger partial charge on any atom is 0.191 e. The highest BCUT2D eigenvalue weighted by atomic mass is 127. The smallest absolute Gasteiger partial charge is 0.191 e. The first kappa shape index (κ1) is 26.5. The van der Waals surface area contributed by atoms with Crippen molar-refractivity contribution in [3.8, 4) is 5.75 Å². The van der Waals surface area contributed by atoms with Gasteiger partial charge in [0.25, 0.3) is 0 Å². The third-order valence-corrected chi connectivity index (χ3v) is 5.62. The average molecular weight is 566 g/mol. The zero-order valence-electron chi connectivity index (χ0n) is 17.6. The second-order valence-corrected chi connectivity index (χ2v) is 9.25. The lowest BCUT2D eigenvalue weighted by Gasteiger charge is -2.18. The van der Waals surface area contributed by atoms with E-state index >= 15 is 0 Å². The maximum atomic E-state index is 11.7. The minimum Gasteiger partial charge on any atom is -0.489 e. The Hall–Kier alpha value is -1.52. The Morgan fingerprint density at radius 1 is 1.17 bits per heavy atom. The highest BCUT2D eigenvalue weighted by Gasteiger charge is 2.11. The molecule has 0 radical (unpaired) electrons. The van der Waals surface area contributed by atoms with Gasteiger partial charge in [0.1, 0.15) is 11.9 Å². The van der Waals surface area contributed by atoms with Crippen LogP contribution in [0.1, 0.15) is 25.0 Å². The Labute approximate surface area is 201 Å². The number of benzene rings is 2. The van der Waals surface area contributed by atoms with Gasteiger partial charge in [0.15, 0.2) is 15.8 Å². The van der Waals surface area contributed by atoms with Crippen molar-refractivity contribution in [3.63, 3.8) is 0 Å². The molecule has 2 aromatic carbocycles. The Morgan fingerprint density at radius 2 is 1.83 bits per heavy atom. The van der Waals surface area contributed by atoms with E-state index in [1.807, 2.05) is 32.0 Å². The Balaban J connectivity index is 0.00000450. The summed E-state index contributed by atoms with van der Waals surface area (Å²) in [5.41, 5.74) is 1.67. The molecule has 0 saturated carbocycles. The molecule has 0 saturated heterocycles. The number of ether oxygens (including phenoxy) is 1. The van der Waals surface area contributed by atoms with Crippen molar-refractivity contribution >= 4 is 51.4 Å². The van der Waals surface area contributed by atoms with Gasteiger partial charge in [-0.25, -0.2) is 13.4 Å². The van der Waals surface area contributed by atoms with E-state index in [0.717, 1.165) is 23.4 Å². The van der Waals surface area contributed by atoms with Crippen molar-refractivity contribution in [3.05, 3.63) is 58.6 Å². The van der Waals surface area contributed by atoms with Crippen LogP contribution in [-0.2, 0) is 16.4 Å². The van der Waals surface area contributed by atoms with Gasteiger partial charge < -0.3 is 15.4 Å². The van der Waals surface area contributed by atoms with Gasteiger partial charge in [0.05, 0.1) is 18.0 Å². The van der Waals surface area contributed by atoms with Crippen LogP contribution >= 0.6 is 35.6 Å². The van der Waals surface area contributed by atoms with E-state index in [9.17, 15) is 8.42 Å². The number of aryl methyl sites for hydroxylation is 1. The maximum absolute atomic E-state index is 11.7. The summed E-state index contributed by atoms with van der Waals surface area (Å²) in [7, 11) is -3.22. The first-order valence-corrected chi connectivity index (χ1v) is 11.7.